The zero-order valence-electron chi connectivity index (χ0n) is 10.1. The number of rotatable bonds is 5. The van der Waals surface area contributed by atoms with E-state index in [-0.39, 0.29) is 6.10 Å². The van der Waals surface area contributed by atoms with E-state index >= 15 is 0 Å². The van der Waals surface area contributed by atoms with Crippen molar-refractivity contribution in [1.82, 2.24) is 5.32 Å². The van der Waals surface area contributed by atoms with Gasteiger partial charge in [-0.2, -0.15) is 0 Å². The number of hydrogen-bond acceptors (Lipinski definition) is 3. The van der Waals surface area contributed by atoms with Crippen LogP contribution >= 0.6 is 0 Å². The SMILES string of the molecule is CCNC1CCC(S(=O)CC2CCCO2)C1. The molecule has 1 aliphatic heterocycles. The Morgan fingerprint density at radius 1 is 1.38 bits per heavy atom. The molecule has 2 aliphatic rings. The van der Waals surface area contributed by atoms with E-state index in [1.807, 2.05) is 0 Å². The van der Waals surface area contributed by atoms with Crippen LogP contribution in [0.15, 0.2) is 0 Å². The Labute approximate surface area is 101 Å². The Morgan fingerprint density at radius 2 is 2.25 bits per heavy atom. The highest BCUT2D eigenvalue weighted by atomic mass is 32.2. The molecule has 0 spiro atoms. The first kappa shape index (κ1) is 12.5. The summed E-state index contributed by atoms with van der Waals surface area (Å²) >= 11 is 0. The molecule has 1 aliphatic carbocycles. The Balaban J connectivity index is 1.73. The van der Waals surface area contributed by atoms with Gasteiger partial charge in [-0.1, -0.05) is 6.92 Å². The third-order valence-corrected chi connectivity index (χ3v) is 5.50. The van der Waals surface area contributed by atoms with Gasteiger partial charge in [0.25, 0.3) is 0 Å². The highest BCUT2D eigenvalue weighted by Gasteiger charge is 2.30. The molecule has 1 N–H and O–H groups in total. The highest BCUT2D eigenvalue weighted by molar-refractivity contribution is 7.85. The molecule has 3 nitrogen and oxygen atoms in total. The molecule has 0 bridgehead atoms. The Hall–Kier alpha value is 0.0700. The Bertz CT molecular complexity index is 241. The van der Waals surface area contributed by atoms with Gasteiger partial charge in [-0.05, 0) is 38.6 Å². The lowest BCUT2D eigenvalue weighted by Gasteiger charge is -2.14. The third-order valence-electron chi connectivity index (χ3n) is 3.62. The molecule has 2 rings (SSSR count). The van der Waals surface area contributed by atoms with Crippen LogP contribution in [0.5, 0.6) is 0 Å². The van der Waals surface area contributed by atoms with Crippen molar-refractivity contribution in [1.29, 1.82) is 0 Å². The number of nitrogens with one attached hydrogen (secondary N) is 1. The average Bonchev–Trinajstić information content (AvgIpc) is 2.89. The molecule has 0 aromatic heterocycles. The molecule has 2 fully saturated rings. The van der Waals surface area contributed by atoms with Gasteiger partial charge in [0.1, 0.15) is 0 Å². The first-order chi connectivity index (χ1) is 7.79. The highest BCUT2D eigenvalue weighted by Crippen LogP contribution is 2.25. The molecule has 0 aromatic carbocycles. The molecule has 1 heterocycles. The normalized spacial score (nSPS) is 36.7. The van der Waals surface area contributed by atoms with E-state index in [0.717, 1.165) is 44.6 Å². The second-order valence-electron chi connectivity index (χ2n) is 4.87. The summed E-state index contributed by atoms with van der Waals surface area (Å²) in [5.74, 6) is 0.767. The van der Waals surface area contributed by atoms with Gasteiger partial charge in [0.15, 0.2) is 0 Å². The van der Waals surface area contributed by atoms with Crippen molar-refractivity contribution in [2.45, 2.75) is 56.4 Å². The number of hydrogen-bond donors (Lipinski definition) is 1. The van der Waals surface area contributed by atoms with Crippen molar-refractivity contribution in [3.05, 3.63) is 0 Å². The maximum absolute atomic E-state index is 12.2. The zero-order chi connectivity index (χ0) is 11.4. The van der Waals surface area contributed by atoms with Crippen molar-refractivity contribution >= 4 is 10.8 Å². The van der Waals surface area contributed by atoms with Crippen LogP contribution < -0.4 is 5.32 Å². The molecule has 94 valence electrons. The molecule has 1 saturated carbocycles. The summed E-state index contributed by atoms with van der Waals surface area (Å²) < 4.78 is 17.7. The lowest BCUT2D eigenvalue weighted by Crippen LogP contribution is -2.28. The van der Waals surface area contributed by atoms with Gasteiger partial charge < -0.3 is 10.1 Å². The standard InChI is InChI=1S/C12H23NO2S/c1-2-13-10-5-6-12(8-10)16(14)9-11-4-3-7-15-11/h10-13H,2-9H2,1H3. The topological polar surface area (TPSA) is 38.3 Å². The second-order valence-corrected chi connectivity index (χ2v) is 6.63. The van der Waals surface area contributed by atoms with E-state index in [2.05, 4.69) is 12.2 Å². The predicted octanol–water partition coefficient (Wildman–Crippen LogP) is 1.44. The minimum absolute atomic E-state index is 0.277. The Kier molecular flexibility index (Phi) is 4.79. The quantitative estimate of drug-likeness (QED) is 0.796. The van der Waals surface area contributed by atoms with Crippen LogP contribution in [0.3, 0.4) is 0 Å². The molecule has 1 saturated heterocycles. The molecule has 0 radical (unpaired) electrons. The van der Waals surface area contributed by atoms with Crippen LogP contribution in [0, 0.1) is 0 Å². The fourth-order valence-corrected chi connectivity index (χ4v) is 4.50. The van der Waals surface area contributed by atoms with Crippen LogP contribution in [-0.4, -0.2) is 40.5 Å². The van der Waals surface area contributed by atoms with Crippen LogP contribution in [0.1, 0.15) is 39.0 Å². The van der Waals surface area contributed by atoms with Gasteiger partial charge in [-0.3, -0.25) is 4.21 Å². The molecule has 0 aromatic rings. The van der Waals surface area contributed by atoms with Crippen LogP contribution in [0.2, 0.25) is 0 Å². The summed E-state index contributed by atoms with van der Waals surface area (Å²) in [4.78, 5) is 0. The predicted molar refractivity (Wildman–Crippen MR) is 67.1 cm³/mol. The van der Waals surface area contributed by atoms with E-state index in [1.54, 1.807) is 0 Å². The fraction of sp³-hybridized carbons (Fsp3) is 1.00. The minimum atomic E-state index is -0.674. The smallest absolute Gasteiger partial charge is 0.0691 e. The van der Waals surface area contributed by atoms with Crippen LogP contribution in [0.25, 0.3) is 0 Å². The van der Waals surface area contributed by atoms with Gasteiger partial charge in [-0.25, -0.2) is 0 Å². The molecule has 0 amide bonds. The van der Waals surface area contributed by atoms with E-state index < -0.39 is 10.8 Å². The number of ether oxygens (including phenoxy) is 1. The molecule has 4 heteroatoms. The summed E-state index contributed by atoms with van der Waals surface area (Å²) in [5.41, 5.74) is 0. The van der Waals surface area contributed by atoms with Gasteiger partial charge in [0, 0.05) is 28.7 Å². The van der Waals surface area contributed by atoms with E-state index in [9.17, 15) is 4.21 Å². The van der Waals surface area contributed by atoms with Gasteiger partial charge in [0.05, 0.1) is 11.9 Å². The van der Waals surface area contributed by atoms with Gasteiger partial charge >= 0.3 is 0 Å². The van der Waals surface area contributed by atoms with Crippen molar-refractivity contribution in [2.24, 2.45) is 0 Å². The average molecular weight is 245 g/mol. The second kappa shape index (κ2) is 6.12. The van der Waals surface area contributed by atoms with Crippen LogP contribution in [0.4, 0.5) is 0 Å². The largest absolute Gasteiger partial charge is 0.377 e. The molecular weight excluding hydrogens is 222 g/mol. The molecule has 16 heavy (non-hydrogen) atoms. The summed E-state index contributed by atoms with van der Waals surface area (Å²) in [7, 11) is -0.674. The Morgan fingerprint density at radius 3 is 2.94 bits per heavy atom. The van der Waals surface area contributed by atoms with Crippen molar-refractivity contribution in [3.63, 3.8) is 0 Å². The maximum atomic E-state index is 12.2. The first-order valence-electron chi connectivity index (χ1n) is 6.51. The van der Waals surface area contributed by atoms with Crippen molar-refractivity contribution in [3.8, 4) is 0 Å². The molecule has 4 unspecified atom stereocenters. The van der Waals surface area contributed by atoms with Crippen molar-refractivity contribution in [2.75, 3.05) is 18.9 Å². The lowest BCUT2D eigenvalue weighted by molar-refractivity contribution is 0.128. The monoisotopic (exact) mass is 245 g/mol. The fourth-order valence-electron chi connectivity index (χ4n) is 2.75. The van der Waals surface area contributed by atoms with Gasteiger partial charge in [0.2, 0.25) is 0 Å². The van der Waals surface area contributed by atoms with Crippen LogP contribution in [-0.2, 0) is 15.5 Å². The molecular formula is C12H23NO2S. The zero-order valence-corrected chi connectivity index (χ0v) is 10.9. The summed E-state index contributed by atoms with van der Waals surface area (Å²) in [5, 5.41) is 3.87. The minimum Gasteiger partial charge on any atom is -0.377 e. The third kappa shape index (κ3) is 3.28. The van der Waals surface area contributed by atoms with E-state index in [1.165, 1.54) is 6.42 Å². The maximum Gasteiger partial charge on any atom is 0.0691 e. The first-order valence-corrected chi connectivity index (χ1v) is 7.90. The van der Waals surface area contributed by atoms with E-state index in [4.69, 9.17) is 4.74 Å². The summed E-state index contributed by atoms with van der Waals surface area (Å²) in [6.07, 6.45) is 5.93. The van der Waals surface area contributed by atoms with E-state index in [0.29, 0.717) is 11.3 Å². The van der Waals surface area contributed by atoms with Gasteiger partial charge in [-0.15, -0.1) is 0 Å². The lowest BCUT2D eigenvalue weighted by atomic mass is 10.2. The molecule has 4 atom stereocenters. The summed E-state index contributed by atoms with van der Waals surface area (Å²) in [6, 6.07) is 0.600. The van der Waals surface area contributed by atoms with Crippen molar-refractivity contribution < 1.29 is 8.95 Å². The summed E-state index contributed by atoms with van der Waals surface area (Å²) in [6.45, 7) is 4.03.